The Labute approximate surface area is 230 Å². The number of hydrogen-bond acceptors (Lipinski definition) is 7. The highest BCUT2D eigenvalue weighted by Crippen LogP contribution is 2.32. The van der Waals surface area contributed by atoms with Gasteiger partial charge in [0.15, 0.2) is 5.65 Å². The number of nitrogens with one attached hydrogen (secondary N) is 1. The van der Waals surface area contributed by atoms with Crippen molar-refractivity contribution in [3.63, 3.8) is 0 Å². The van der Waals surface area contributed by atoms with Gasteiger partial charge in [0, 0.05) is 50.1 Å². The maximum absolute atomic E-state index is 13.4. The van der Waals surface area contributed by atoms with E-state index < -0.39 is 5.97 Å². The van der Waals surface area contributed by atoms with Crippen LogP contribution < -0.4 is 10.2 Å². The van der Waals surface area contributed by atoms with E-state index in [-0.39, 0.29) is 24.6 Å². The van der Waals surface area contributed by atoms with Gasteiger partial charge in [-0.25, -0.2) is 9.97 Å². The Morgan fingerprint density at radius 2 is 1.98 bits per heavy atom. The molecule has 0 aliphatic heterocycles. The summed E-state index contributed by atoms with van der Waals surface area (Å²) in [7, 11) is 3.61. The Kier molecular flexibility index (Phi) is 6.64. The van der Waals surface area contributed by atoms with Crippen molar-refractivity contribution in [3.8, 4) is 11.3 Å². The summed E-state index contributed by atoms with van der Waals surface area (Å²) in [5.74, 6) is -0.511. The van der Waals surface area contributed by atoms with Gasteiger partial charge in [-0.15, -0.1) is 0 Å². The van der Waals surface area contributed by atoms with Crippen molar-refractivity contribution >= 4 is 34.4 Å². The third-order valence-corrected chi connectivity index (χ3v) is 7.40. The fraction of sp³-hybridized carbons (Fsp3) is 0.276. The zero-order valence-corrected chi connectivity index (χ0v) is 22.2. The van der Waals surface area contributed by atoms with E-state index in [0.29, 0.717) is 34.7 Å². The molecule has 6 rings (SSSR count). The summed E-state index contributed by atoms with van der Waals surface area (Å²) in [6, 6.07) is 15.6. The Bertz CT molecular complexity index is 1710. The van der Waals surface area contributed by atoms with E-state index in [1.807, 2.05) is 54.4 Å². The molecule has 0 spiro atoms. The first-order valence-electron chi connectivity index (χ1n) is 13.1. The number of carboxylic acids is 1. The number of amides is 1. The molecular weight excluding hydrogens is 510 g/mol. The van der Waals surface area contributed by atoms with Crippen molar-refractivity contribution in [1.82, 2.24) is 29.5 Å². The number of nitrogens with zero attached hydrogens (tertiary/aromatic N) is 6. The predicted molar refractivity (Wildman–Crippen MR) is 149 cm³/mol. The number of carbonyl (C=O) groups excluding carboxylic acids is 1. The molecule has 1 aromatic carbocycles. The standard InChI is InChI=1S/C29H29N7O4/c1-34(15-18-7-4-3-5-8-18)25-13-23(21-16-35(17-26(37)38)27-19(21)9-6-12-30-27)32-28-20(14-31-36(25)28)29(39)33-22-10-11-24(22)40-2/h3-9,12-14,16,22,24H,10-11,15,17H2,1-2H3,(H,33,39)(H,37,38)/t22?,24-/m0/s1. The number of fused-ring (bicyclic) bond motifs is 2. The van der Waals surface area contributed by atoms with Crippen LogP contribution >= 0.6 is 0 Å². The van der Waals surface area contributed by atoms with E-state index in [0.717, 1.165) is 29.6 Å². The van der Waals surface area contributed by atoms with Crippen LogP contribution in [0.1, 0.15) is 28.8 Å². The minimum absolute atomic E-state index is 0.00487. The van der Waals surface area contributed by atoms with Crippen molar-refractivity contribution in [2.45, 2.75) is 38.1 Å². The number of anilines is 1. The second-order valence-corrected chi connectivity index (χ2v) is 10.0. The van der Waals surface area contributed by atoms with Crippen LogP contribution in [-0.4, -0.2) is 67.4 Å². The summed E-state index contributed by atoms with van der Waals surface area (Å²) in [5, 5.41) is 17.9. The van der Waals surface area contributed by atoms with E-state index in [4.69, 9.17) is 9.72 Å². The number of aromatic nitrogens is 5. The number of methoxy groups -OCH3 is 1. The highest BCUT2D eigenvalue weighted by Gasteiger charge is 2.33. The van der Waals surface area contributed by atoms with E-state index in [1.54, 1.807) is 34.7 Å². The van der Waals surface area contributed by atoms with Crippen LogP contribution in [0.25, 0.3) is 27.9 Å². The van der Waals surface area contributed by atoms with Crippen molar-refractivity contribution in [3.05, 3.63) is 78.2 Å². The van der Waals surface area contributed by atoms with E-state index in [1.165, 1.54) is 6.20 Å². The molecule has 11 heteroatoms. The lowest BCUT2D eigenvalue weighted by atomic mass is 9.89. The lowest BCUT2D eigenvalue weighted by Gasteiger charge is -2.35. The van der Waals surface area contributed by atoms with Crippen LogP contribution in [0.3, 0.4) is 0 Å². The summed E-state index contributed by atoms with van der Waals surface area (Å²) in [6.07, 6.45) is 6.67. The molecule has 4 heterocycles. The molecule has 1 fully saturated rings. The topological polar surface area (TPSA) is 127 Å². The third-order valence-electron chi connectivity index (χ3n) is 7.40. The van der Waals surface area contributed by atoms with E-state index >= 15 is 0 Å². The van der Waals surface area contributed by atoms with Crippen molar-refractivity contribution in [1.29, 1.82) is 0 Å². The molecule has 40 heavy (non-hydrogen) atoms. The van der Waals surface area contributed by atoms with Crippen molar-refractivity contribution in [2.24, 2.45) is 0 Å². The van der Waals surface area contributed by atoms with Gasteiger partial charge in [-0.1, -0.05) is 30.3 Å². The third kappa shape index (κ3) is 4.64. The monoisotopic (exact) mass is 539 g/mol. The molecule has 1 amide bonds. The van der Waals surface area contributed by atoms with Gasteiger partial charge >= 0.3 is 5.97 Å². The first-order valence-corrected chi connectivity index (χ1v) is 13.1. The number of pyridine rings is 1. The van der Waals surface area contributed by atoms with Crippen molar-refractivity contribution < 1.29 is 19.4 Å². The summed E-state index contributed by atoms with van der Waals surface area (Å²) in [6.45, 7) is 0.361. The maximum atomic E-state index is 13.4. The van der Waals surface area contributed by atoms with Crippen molar-refractivity contribution in [2.75, 3.05) is 19.1 Å². The fourth-order valence-corrected chi connectivity index (χ4v) is 5.21. The number of carboxylic acid groups (broad SMARTS) is 1. The molecule has 1 aliphatic carbocycles. The Morgan fingerprint density at radius 1 is 1.15 bits per heavy atom. The Balaban J connectivity index is 1.48. The zero-order chi connectivity index (χ0) is 27.8. The molecule has 2 N–H and O–H groups in total. The second kappa shape index (κ2) is 10.4. The number of hydrogen-bond donors (Lipinski definition) is 2. The number of ether oxygens (including phenoxy) is 1. The molecule has 5 aromatic rings. The molecule has 0 radical (unpaired) electrons. The number of carbonyl (C=O) groups is 2. The van der Waals surface area contributed by atoms with Crippen LogP contribution in [0.15, 0.2) is 67.1 Å². The molecule has 0 saturated heterocycles. The summed E-state index contributed by atoms with van der Waals surface area (Å²) in [4.78, 5) is 36.3. The van der Waals surface area contributed by atoms with Crippen LogP contribution in [0.2, 0.25) is 0 Å². The molecule has 11 nitrogen and oxygen atoms in total. The lowest BCUT2D eigenvalue weighted by molar-refractivity contribution is -0.137. The van der Waals surface area contributed by atoms with Gasteiger partial charge in [0.25, 0.3) is 5.91 Å². The minimum Gasteiger partial charge on any atom is -0.480 e. The van der Waals surface area contributed by atoms with Crippen LogP contribution in [-0.2, 0) is 22.6 Å². The molecule has 4 aromatic heterocycles. The number of rotatable bonds is 9. The predicted octanol–water partition coefficient (Wildman–Crippen LogP) is 3.37. The minimum atomic E-state index is -0.971. The molecule has 2 atom stereocenters. The van der Waals surface area contributed by atoms with Gasteiger partial charge in [-0.05, 0) is 30.5 Å². The van der Waals surface area contributed by atoms with Gasteiger partial charge in [0.05, 0.1) is 24.0 Å². The van der Waals surface area contributed by atoms with Gasteiger partial charge in [0.1, 0.15) is 23.6 Å². The van der Waals surface area contributed by atoms with Gasteiger partial charge < -0.3 is 24.6 Å². The first-order chi connectivity index (χ1) is 19.4. The van der Waals surface area contributed by atoms with Gasteiger partial charge in [-0.2, -0.15) is 9.61 Å². The Morgan fingerprint density at radius 3 is 2.70 bits per heavy atom. The fourth-order valence-electron chi connectivity index (χ4n) is 5.21. The molecule has 1 aliphatic rings. The van der Waals surface area contributed by atoms with Crippen LogP contribution in [0.5, 0.6) is 0 Å². The molecular formula is C29H29N7O4. The smallest absolute Gasteiger partial charge is 0.323 e. The first kappa shape index (κ1) is 25.5. The SMILES string of the molecule is CO[C@H]1CCC1NC(=O)c1cnn2c(N(C)Cc3ccccc3)cc(-c3cn(CC(=O)O)c4ncccc34)nc12. The zero-order valence-electron chi connectivity index (χ0n) is 22.2. The second-order valence-electron chi connectivity index (χ2n) is 10.0. The van der Waals surface area contributed by atoms with Gasteiger partial charge in [0.2, 0.25) is 0 Å². The van der Waals surface area contributed by atoms with Crippen LogP contribution in [0.4, 0.5) is 5.82 Å². The Hall–Kier alpha value is -4.77. The average Bonchev–Trinajstić information content (AvgIpc) is 3.53. The van der Waals surface area contributed by atoms with E-state index in [2.05, 4.69) is 15.4 Å². The molecule has 204 valence electrons. The molecule has 0 bridgehead atoms. The van der Waals surface area contributed by atoms with E-state index in [9.17, 15) is 14.7 Å². The van der Waals surface area contributed by atoms with Gasteiger partial charge in [-0.3, -0.25) is 9.59 Å². The largest absolute Gasteiger partial charge is 0.480 e. The maximum Gasteiger partial charge on any atom is 0.323 e. The number of benzene rings is 1. The summed E-state index contributed by atoms with van der Waals surface area (Å²) < 4.78 is 8.72. The normalized spacial score (nSPS) is 16.6. The molecule has 1 unspecified atom stereocenters. The number of aliphatic carboxylic acids is 1. The lowest BCUT2D eigenvalue weighted by Crippen LogP contribution is -2.51. The summed E-state index contributed by atoms with van der Waals surface area (Å²) >= 11 is 0. The molecule has 1 saturated carbocycles. The average molecular weight is 540 g/mol. The van der Waals surface area contributed by atoms with Crippen LogP contribution in [0, 0.1) is 0 Å². The highest BCUT2D eigenvalue weighted by atomic mass is 16.5. The summed E-state index contributed by atoms with van der Waals surface area (Å²) in [5.41, 5.74) is 3.71. The highest BCUT2D eigenvalue weighted by molar-refractivity contribution is 6.01. The quantitative estimate of drug-likeness (QED) is 0.292.